The van der Waals surface area contributed by atoms with Gasteiger partial charge < -0.3 is 0 Å². The van der Waals surface area contributed by atoms with Crippen LogP contribution in [-0.4, -0.2) is 19.8 Å². The maximum absolute atomic E-state index is 12.0. The quantitative estimate of drug-likeness (QED) is 0.769. The lowest BCUT2D eigenvalue weighted by Crippen LogP contribution is -2.29. The van der Waals surface area contributed by atoms with Crippen molar-refractivity contribution in [3.05, 3.63) is 28.2 Å². The van der Waals surface area contributed by atoms with Crippen molar-refractivity contribution < 1.29 is 8.42 Å². The van der Waals surface area contributed by atoms with Crippen molar-refractivity contribution in [3.63, 3.8) is 0 Å². The third-order valence-electron chi connectivity index (χ3n) is 2.30. The highest BCUT2D eigenvalue weighted by atomic mass is 79.9. The lowest BCUT2D eigenvalue weighted by molar-refractivity contribution is 0.578. The van der Waals surface area contributed by atoms with Crippen molar-refractivity contribution in [2.45, 2.75) is 29.5 Å². The molecule has 7 heteroatoms. The molecule has 0 fully saturated rings. The van der Waals surface area contributed by atoms with E-state index in [1.54, 1.807) is 0 Å². The summed E-state index contributed by atoms with van der Waals surface area (Å²) in [5.41, 5.74) is 0. The molecule has 0 spiro atoms. The van der Waals surface area contributed by atoms with Crippen LogP contribution in [0, 0.1) is 0 Å². The minimum absolute atomic E-state index is 0.119. The van der Waals surface area contributed by atoms with E-state index in [9.17, 15) is 8.42 Å². The van der Waals surface area contributed by atoms with Crippen LogP contribution >= 0.6 is 39.1 Å². The molecule has 0 saturated heterocycles. The number of rotatable bonds is 6. The highest BCUT2D eigenvalue weighted by Crippen LogP contribution is 2.24. The second-order valence-electron chi connectivity index (χ2n) is 3.81. The fourth-order valence-electron chi connectivity index (χ4n) is 1.34. The van der Waals surface area contributed by atoms with Crippen molar-refractivity contribution in [2.24, 2.45) is 0 Å². The van der Waals surface area contributed by atoms with Gasteiger partial charge in [-0.05, 0) is 24.6 Å². The average molecular weight is 375 g/mol. The first-order valence-electron chi connectivity index (χ1n) is 5.45. The van der Waals surface area contributed by atoms with Crippen molar-refractivity contribution in [1.82, 2.24) is 4.72 Å². The van der Waals surface area contributed by atoms with E-state index in [0.717, 1.165) is 12.8 Å². The van der Waals surface area contributed by atoms with Gasteiger partial charge in [-0.25, -0.2) is 13.1 Å². The fourth-order valence-corrected chi connectivity index (χ4v) is 3.65. The Hall–Kier alpha value is 0.190. The van der Waals surface area contributed by atoms with Gasteiger partial charge in [-0.15, -0.1) is 0 Å². The second kappa shape index (κ2) is 7.10. The Morgan fingerprint density at radius 1 is 1.33 bits per heavy atom. The zero-order valence-electron chi connectivity index (χ0n) is 9.79. The van der Waals surface area contributed by atoms with Gasteiger partial charge in [-0.3, -0.25) is 0 Å². The topological polar surface area (TPSA) is 46.2 Å². The molecule has 18 heavy (non-hydrogen) atoms. The number of hydrogen-bond donors (Lipinski definition) is 1. The maximum atomic E-state index is 12.0. The molecular formula is C11H14BrCl2NO2S. The Labute approximate surface area is 126 Å². The highest BCUT2D eigenvalue weighted by Gasteiger charge is 2.16. The van der Waals surface area contributed by atoms with Crippen molar-refractivity contribution in [1.29, 1.82) is 0 Å². The first-order valence-corrected chi connectivity index (χ1v) is 8.61. The summed E-state index contributed by atoms with van der Waals surface area (Å²) in [5.74, 6) is 0. The summed E-state index contributed by atoms with van der Waals surface area (Å²) in [4.78, 5) is 0.244. The first-order chi connectivity index (χ1) is 8.36. The van der Waals surface area contributed by atoms with Gasteiger partial charge in [0, 0.05) is 11.4 Å². The molecule has 3 nitrogen and oxygen atoms in total. The molecule has 0 aliphatic carbocycles. The number of halogens is 3. The molecule has 0 heterocycles. The molecule has 0 bridgehead atoms. The van der Waals surface area contributed by atoms with Gasteiger partial charge in [0.15, 0.2) is 0 Å². The van der Waals surface area contributed by atoms with Crippen molar-refractivity contribution >= 4 is 49.2 Å². The molecule has 1 aromatic carbocycles. The van der Waals surface area contributed by atoms with Gasteiger partial charge >= 0.3 is 0 Å². The molecule has 1 unspecified atom stereocenters. The molecule has 1 rings (SSSR count). The normalized spacial score (nSPS) is 13.6. The summed E-state index contributed by atoms with van der Waals surface area (Å²) in [7, 11) is -3.54. The van der Waals surface area contributed by atoms with Crippen LogP contribution in [-0.2, 0) is 10.0 Å². The molecule has 0 aromatic heterocycles. The third-order valence-corrected chi connectivity index (χ3v) is 5.24. The van der Waals surface area contributed by atoms with Crippen LogP contribution in [0.4, 0.5) is 0 Å². The second-order valence-corrected chi connectivity index (χ2v) is 7.69. The first kappa shape index (κ1) is 16.2. The van der Waals surface area contributed by atoms with Crippen LogP contribution in [0.3, 0.4) is 0 Å². The number of nitrogens with one attached hydrogen (secondary N) is 1. The van der Waals surface area contributed by atoms with E-state index >= 15 is 0 Å². The van der Waals surface area contributed by atoms with Crippen molar-refractivity contribution in [2.75, 3.05) is 6.54 Å². The lowest BCUT2D eigenvalue weighted by atomic mass is 10.2. The monoisotopic (exact) mass is 373 g/mol. The van der Waals surface area contributed by atoms with E-state index in [2.05, 4.69) is 20.7 Å². The molecule has 0 amide bonds. The molecule has 1 atom stereocenters. The van der Waals surface area contributed by atoms with E-state index in [-0.39, 0.29) is 14.7 Å². The highest BCUT2D eigenvalue weighted by molar-refractivity contribution is 9.09. The number of alkyl halides is 1. The zero-order valence-corrected chi connectivity index (χ0v) is 13.7. The Bertz CT molecular complexity index is 508. The van der Waals surface area contributed by atoms with E-state index < -0.39 is 10.0 Å². The van der Waals surface area contributed by atoms with E-state index in [0.29, 0.717) is 11.6 Å². The van der Waals surface area contributed by atoms with Crippen LogP contribution in [0.5, 0.6) is 0 Å². The largest absolute Gasteiger partial charge is 0.240 e. The van der Waals surface area contributed by atoms with Crippen LogP contribution < -0.4 is 4.72 Å². The molecule has 102 valence electrons. The van der Waals surface area contributed by atoms with Gasteiger partial charge in [-0.1, -0.05) is 52.5 Å². The van der Waals surface area contributed by atoms with Crippen LogP contribution in [0.15, 0.2) is 23.1 Å². The van der Waals surface area contributed by atoms with Crippen LogP contribution in [0.2, 0.25) is 10.0 Å². The summed E-state index contributed by atoms with van der Waals surface area (Å²) in [6.07, 6.45) is 1.90. The minimum Gasteiger partial charge on any atom is -0.210 e. The Kier molecular flexibility index (Phi) is 6.41. The van der Waals surface area contributed by atoms with Gasteiger partial charge in [0.25, 0.3) is 0 Å². The predicted molar refractivity (Wildman–Crippen MR) is 79.3 cm³/mol. The smallest absolute Gasteiger partial charge is 0.210 e. The SMILES string of the molecule is CCCC(Br)CNS(=O)(=O)c1ccc(Cl)c(Cl)c1. The summed E-state index contributed by atoms with van der Waals surface area (Å²) in [6, 6.07) is 4.24. The molecule has 0 aliphatic heterocycles. The summed E-state index contributed by atoms with van der Waals surface area (Å²) in [6.45, 7) is 2.39. The number of hydrogen-bond acceptors (Lipinski definition) is 2. The molecule has 0 radical (unpaired) electrons. The Morgan fingerprint density at radius 2 is 2.00 bits per heavy atom. The fraction of sp³-hybridized carbons (Fsp3) is 0.455. The number of benzene rings is 1. The average Bonchev–Trinajstić information content (AvgIpc) is 2.30. The van der Waals surface area contributed by atoms with Gasteiger partial charge in [0.2, 0.25) is 10.0 Å². The number of sulfonamides is 1. The predicted octanol–water partition coefficient (Wildman–Crippen LogP) is 3.84. The van der Waals surface area contributed by atoms with Crippen molar-refractivity contribution in [3.8, 4) is 0 Å². The Morgan fingerprint density at radius 3 is 2.56 bits per heavy atom. The maximum Gasteiger partial charge on any atom is 0.240 e. The lowest BCUT2D eigenvalue weighted by Gasteiger charge is -2.11. The van der Waals surface area contributed by atoms with Crippen LogP contribution in [0.1, 0.15) is 19.8 Å². The van der Waals surface area contributed by atoms with Gasteiger partial charge in [0.05, 0.1) is 14.9 Å². The van der Waals surface area contributed by atoms with Crippen LogP contribution in [0.25, 0.3) is 0 Å². The zero-order chi connectivity index (χ0) is 13.8. The molecular weight excluding hydrogens is 361 g/mol. The standard InChI is InChI=1S/C11H14BrCl2NO2S/c1-2-3-8(12)7-15-18(16,17)9-4-5-10(13)11(14)6-9/h4-6,8,15H,2-3,7H2,1H3. The summed E-state index contributed by atoms with van der Waals surface area (Å²) >= 11 is 15.0. The van der Waals surface area contributed by atoms with E-state index in [1.807, 2.05) is 6.92 Å². The van der Waals surface area contributed by atoms with Gasteiger partial charge in [-0.2, -0.15) is 0 Å². The van der Waals surface area contributed by atoms with Gasteiger partial charge in [0.1, 0.15) is 0 Å². The third kappa shape index (κ3) is 4.70. The van der Waals surface area contributed by atoms with E-state index in [1.165, 1.54) is 18.2 Å². The minimum atomic E-state index is -3.54. The molecule has 1 aromatic rings. The summed E-state index contributed by atoms with van der Waals surface area (Å²) < 4.78 is 26.5. The van der Waals surface area contributed by atoms with E-state index in [4.69, 9.17) is 23.2 Å². The Balaban J connectivity index is 2.77. The molecule has 1 N–H and O–H groups in total. The molecule has 0 aliphatic rings. The molecule has 0 saturated carbocycles. The summed E-state index contributed by atoms with van der Waals surface area (Å²) in [5, 5.41) is 0.559.